The Kier molecular flexibility index (Phi) is 9.48. The summed E-state index contributed by atoms with van der Waals surface area (Å²) < 4.78 is 10.7. The molecule has 10 heteroatoms. The van der Waals surface area contributed by atoms with Gasteiger partial charge >= 0.3 is 11.9 Å². The Balaban J connectivity index is 1.27. The highest BCUT2D eigenvalue weighted by Gasteiger charge is 2.18. The summed E-state index contributed by atoms with van der Waals surface area (Å²) in [5, 5.41) is 22.3. The molecule has 49 heavy (non-hydrogen) atoms. The lowest BCUT2D eigenvalue weighted by Gasteiger charge is -2.26. The molecule has 0 aliphatic carbocycles. The van der Waals surface area contributed by atoms with Gasteiger partial charge in [0.05, 0.1) is 48.1 Å². The standard InChI is InChI=1S/C39H32N4O6/c1-48-32-13-9-30(10-14-32)43(31-11-15-33(49-2)16-12-31)29-7-5-25(6-8-29)3-4-26-17-19-40-34(21-26)36-23-28(39(46)47)24-37(42-36)35-22-27(38(44)45)18-20-41-35/h3-19,21-24,41H,20H2,1-2H3,(H,44,45)(H,46,47)/b4-3+. The number of carboxylic acid groups (broad SMARTS) is 2. The zero-order valence-corrected chi connectivity index (χ0v) is 26.7. The molecular weight excluding hydrogens is 620 g/mol. The fraction of sp³-hybridized carbons (Fsp3) is 0.0769. The molecule has 0 unspecified atom stereocenters. The van der Waals surface area contributed by atoms with E-state index in [2.05, 4.69) is 20.2 Å². The Labute approximate surface area is 282 Å². The van der Waals surface area contributed by atoms with Crippen molar-refractivity contribution >= 4 is 46.8 Å². The number of benzene rings is 3. The summed E-state index contributed by atoms with van der Waals surface area (Å²) in [4.78, 5) is 34.7. The highest BCUT2D eigenvalue weighted by atomic mass is 16.5. The van der Waals surface area contributed by atoms with E-state index < -0.39 is 11.9 Å². The molecule has 244 valence electrons. The van der Waals surface area contributed by atoms with E-state index in [4.69, 9.17) is 9.47 Å². The second kappa shape index (κ2) is 14.4. The smallest absolute Gasteiger partial charge is 0.335 e. The van der Waals surface area contributed by atoms with Gasteiger partial charge in [0.1, 0.15) is 11.5 Å². The molecule has 0 radical (unpaired) electrons. The molecule has 3 aromatic carbocycles. The van der Waals surface area contributed by atoms with Gasteiger partial charge in [0.25, 0.3) is 0 Å². The fourth-order valence-electron chi connectivity index (χ4n) is 5.30. The van der Waals surface area contributed by atoms with E-state index in [1.807, 2.05) is 97.1 Å². The quantitative estimate of drug-likeness (QED) is 0.132. The van der Waals surface area contributed by atoms with Crippen molar-refractivity contribution in [3.8, 4) is 22.9 Å². The van der Waals surface area contributed by atoms with Crippen LogP contribution in [0.25, 0.3) is 29.2 Å². The molecule has 10 nitrogen and oxygen atoms in total. The van der Waals surface area contributed by atoms with Gasteiger partial charge in [0, 0.05) is 29.8 Å². The number of rotatable bonds is 11. The number of pyridine rings is 2. The third kappa shape index (κ3) is 7.50. The maximum atomic E-state index is 12.0. The van der Waals surface area contributed by atoms with Gasteiger partial charge in [0.2, 0.25) is 0 Å². The van der Waals surface area contributed by atoms with E-state index in [0.717, 1.165) is 39.7 Å². The Morgan fingerprint density at radius 3 is 1.86 bits per heavy atom. The molecule has 0 spiro atoms. The van der Waals surface area contributed by atoms with Gasteiger partial charge in [-0.2, -0.15) is 0 Å². The summed E-state index contributed by atoms with van der Waals surface area (Å²) >= 11 is 0. The molecule has 0 amide bonds. The highest BCUT2D eigenvalue weighted by molar-refractivity contribution is 5.94. The van der Waals surface area contributed by atoms with Gasteiger partial charge in [0.15, 0.2) is 0 Å². The third-order valence-corrected chi connectivity index (χ3v) is 7.84. The first-order valence-corrected chi connectivity index (χ1v) is 15.3. The van der Waals surface area contributed by atoms with E-state index >= 15 is 0 Å². The number of aromatic nitrogens is 2. The number of nitrogens with zero attached hydrogens (tertiary/aromatic N) is 3. The van der Waals surface area contributed by atoms with Crippen LogP contribution in [0.3, 0.4) is 0 Å². The van der Waals surface area contributed by atoms with Gasteiger partial charge in [-0.1, -0.05) is 30.4 Å². The van der Waals surface area contributed by atoms with Gasteiger partial charge < -0.3 is 29.9 Å². The van der Waals surface area contributed by atoms with Crippen LogP contribution in [-0.2, 0) is 4.79 Å². The topological polar surface area (TPSA) is 134 Å². The Morgan fingerprint density at radius 1 is 0.714 bits per heavy atom. The first-order chi connectivity index (χ1) is 23.8. The van der Waals surface area contributed by atoms with Crippen LogP contribution in [0.5, 0.6) is 11.5 Å². The summed E-state index contributed by atoms with van der Waals surface area (Å²) in [5.74, 6) is -0.660. The molecule has 0 atom stereocenters. The van der Waals surface area contributed by atoms with Gasteiger partial charge in [-0.3, -0.25) is 4.98 Å². The number of carboxylic acids is 2. The number of anilines is 3. The fourth-order valence-corrected chi connectivity index (χ4v) is 5.30. The highest BCUT2D eigenvalue weighted by Crippen LogP contribution is 2.36. The van der Waals surface area contributed by atoms with E-state index in [1.54, 1.807) is 20.4 Å². The molecule has 2 aromatic heterocycles. The average molecular weight is 653 g/mol. The van der Waals surface area contributed by atoms with Crippen LogP contribution in [0.2, 0.25) is 0 Å². The molecule has 0 fully saturated rings. The van der Waals surface area contributed by atoms with Gasteiger partial charge in [-0.25, -0.2) is 14.6 Å². The van der Waals surface area contributed by atoms with Crippen molar-refractivity contribution in [1.82, 2.24) is 15.3 Å². The number of methoxy groups -OCH3 is 2. The number of aliphatic carboxylic acids is 1. The van der Waals surface area contributed by atoms with Gasteiger partial charge in [-0.05, 0) is 102 Å². The maximum Gasteiger partial charge on any atom is 0.335 e. The number of ether oxygens (including phenoxy) is 2. The van der Waals surface area contributed by atoms with E-state index in [-0.39, 0.29) is 17.7 Å². The van der Waals surface area contributed by atoms with E-state index in [9.17, 15) is 19.8 Å². The van der Waals surface area contributed by atoms with E-state index in [0.29, 0.717) is 22.8 Å². The van der Waals surface area contributed by atoms with Crippen molar-refractivity contribution in [1.29, 1.82) is 0 Å². The monoisotopic (exact) mass is 652 g/mol. The molecule has 0 bridgehead atoms. The Hall–Kier alpha value is -6.68. The summed E-state index contributed by atoms with van der Waals surface area (Å²) in [5.41, 5.74) is 6.37. The van der Waals surface area contributed by atoms with Crippen LogP contribution in [0.1, 0.15) is 27.2 Å². The summed E-state index contributed by atoms with van der Waals surface area (Å²) in [6, 6.07) is 30.4. The zero-order chi connectivity index (χ0) is 34.3. The molecule has 3 heterocycles. The van der Waals surface area contributed by atoms with Crippen LogP contribution in [0, 0.1) is 0 Å². The molecule has 1 aliphatic heterocycles. The number of hydrogen-bond acceptors (Lipinski definition) is 8. The van der Waals surface area contributed by atoms with Crippen molar-refractivity contribution < 1.29 is 29.3 Å². The van der Waals surface area contributed by atoms with Crippen LogP contribution in [0.4, 0.5) is 17.1 Å². The molecule has 1 aliphatic rings. The molecule has 3 N–H and O–H groups in total. The maximum absolute atomic E-state index is 12.0. The Morgan fingerprint density at radius 2 is 1.29 bits per heavy atom. The number of carbonyl (C=O) groups is 2. The number of hydrogen-bond donors (Lipinski definition) is 3. The van der Waals surface area contributed by atoms with Crippen LogP contribution >= 0.6 is 0 Å². The normalized spacial score (nSPS) is 12.4. The third-order valence-electron chi connectivity index (χ3n) is 7.84. The molecule has 0 saturated carbocycles. The first-order valence-electron chi connectivity index (χ1n) is 15.3. The van der Waals surface area contributed by atoms with Crippen molar-refractivity contribution in [2.75, 3.05) is 25.7 Å². The summed E-state index contributed by atoms with van der Waals surface area (Å²) in [6.07, 6.45) is 8.54. The lowest BCUT2D eigenvalue weighted by molar-refractivity contribution is -0.132. The lowest BCUT2D eigenvalue weighted by atomic mass is 10.1. The molecule has 5 aromatic rings. The van der Waals surface area contributed by atoms with E-state index in [1.165, 1.54) is 24.3 Å². The second-order valence-corrected chi connectivity index (χ2v) is 11.0. The van der Waals surface area contributed by atoms with Crippen molar-refractivity contribution in [3.05, 3.63) is 143 Å². The minimum absolute atomic E-state index is 0.00952. The molecule has 6 rings (SSSR count). The minimum Gasteiger partial charge on any atom is -0.497 e. The number of nitrogens with one attached hydrogen (secondary N) is 1. The Bertz CT molecular complexity index is 2040. The lowest BCUT2D eigenvalue weighted by Crippen LogP contribution is -2.20. The second-order valence-electron chi connectivity index (χ2n) is 11.0. The van der Waals surface area contributed by atoms with Crippen molar-refractivity contribution in [2.24, 2.45) is 0 Å². The van der Waals surface area contributed by atoms with Crippen LogP contribution in [-0.4, -0.2) is 52.9 Å². The van der Waals surface area contributed by atoms with Crippen LogP contribution in [0.15, 0.2) is 121 Å². The van der Waals surface area contributed by atoms with Crippen LogP contribution < -0.4 is 19.7 Å². The minimum atomic E-state index is -1.13. The van der Waals surface area contributed by atoms with Crippen molar-refractivity contribution in [3.63, 3.8) is 0 Å². The average Bonchev–Trinajstić information content (AvgIpc) is 3.15. The predicted molar refractivity (Wildman–Crippen MR) is 189 cm³/mol. The zero-order valence-electron chi connectivity index (χ0n) is 26.7. The molecule has 0 saturated heterocycles. The summed E-state index contributed by atoms with van der Waals surface area (Å²) in [6.45, 7) is 0.280. The number of aromatic carboxylic acids is 1. The first kappa shape index (κ1) is 32.3. The van der Waals surface area contributed by atoms with Crippen molar-refractivity contribution in [2.45, 2.75) is 0 Å². The molecular formula is C39H32N4O6. The summed E-state index contributed by atoms with van der Waals surface area (Å²) in [7, 11) is 3.29. The van der Waals surface area contributed by atoms with Gasteiger partial charge in [-0.15, -0.1) is 0 Å². The largest absolute Gasteiger partial charge is 0.497 e. The number of dihydropyridines is 1. The SMILES string of the molecule is COc1ccc(N(c2ccc(/C=C/c3ccnc(-c4cc(C(=O)O)cc(C5=CC(C(=O)O)=CCN5)n4)c3)cc2)c2ccc(OC)cc2)cc1. The predicted octanol–water partition coefficient (Wildman–Crippen LogP) is 7.45.